The Morgan fingerprint density at radius 3 is 2.68 bits per heavy atom. The molecule has 4 heteroatoms. The molecule has 2 N–H and O–H groups in total. The number of anilines is 1. The van der Waals surface area contributed by atoms with Crippen LogP contribution in [0, 0.1) is 6.92 Å². The number of esters is 1. The summed E-state index contributed by atoms with van der Waals surface area (Å²) in [6, 6.07) is 12.8. The topological polar surface area (TPSA) is 52.3 Å². The summed E-state index contributed by atoms with van der Waals surface area (Å²) in [5.41, 5.74) is 8.81. The predicted molar refractivity (Wildman–Crippen MR) is 78.9 cm³/mol. The minimum atomic E-state index is -0.373. The van der Waals surface area contributed by atoms with Gasteiger partial charge in [-0.1, -0.05) is 24.3 Å². The van der Waals surface area contributed by atoms with Crippen LogP contribution in [0.5, 0.6) is 0 Å². The lowest BCUT2D eigenvalue weighted by Gasteiger charge is -2.08. The van der Waals surface area contributed by atoms with E-state index < -0.39 is 0 Å². The molecule has 0 atom stereocenters. The van der Waals surface area contributed by atoms with Gasteiger partial charge < -0.3 is 10.5 Å². The van der Waals surface area contributed by atoms with Gasteiger partial charge in [-0.05, 0) is 52.2 Å². The number of nitrogen functional groups attached to an aromatic ring is 1. The summed E-state index contributed by atoms with van der Waals surface area (Å²) in [7, 11) is 0. The number of nitrogens with two attached hydrogens (primary N) is 1. The summed E-state index contributed by atoms with van der Waals surface area (Å²) in [4.78, 5) is 11.9. The van der Waals surface area contributed by atoms with E-state index in [2.05, 4.69) is 15.9 Å². The SMILES string of the molecule is Cc1ccccc1COC(=O)c1ccc(Br)c(N)c1. The van der Waals surface area contributed by atoms with Gasteiger partial charge in [0.05, 0.1) is 5.56 Å². The van der Waals surface area contributed by atoms with E-state index in [1.807, 2.05) is 31.2 Å². The highest BCUT2D eigenvalue weighted by Crippen LogP contribution is 2.21. The minimum absolute atomic E-state index is 0.265. The number of hydrogen-bond acceptors (Lipinski definition) is 3. The van der Waals surface area contributed by atoms with Gasteiger partial charge in [0.2, 0.25) is 0 Å². The van der Waals surface area contributed by atoms with Crippen molar-refractivity contribution >= 4 is 27.6 Å². The Morgan fingerprint density at radius 1 is 1.26 bits per heavy atom. The van der Waals surface area contributed by atoms with E-state index in [1.165, 1.54) is 0 Å². The molecule has 0 radical (unpaired) electrons. The molecule has 19 heavy (non-hydrogen) atoms. The highest BCUT2D eigenvalue weighted by Gasteiger charge is 2.09. The molecule has 0 heterocycles. The Balaban J connectivity index is 2.05. The maximum atomic E-state index is 11.9. The number of ether oxygens (including phenoxy) is 1. The van der Waals surface area contributed by atoms with Crippen LogP contribution in [0.15, 0.2) is 46.9 Å². The Morgan fingerprint density at radius 2 is 2.00 bits per heavy atom. The monoisotopic (exact) mass is 319 g/mol. The lowest BCUT2D eigenvalue weighted by Crippen LogP contribution is -2.06. The molecule has 0 spiro atoms. The van der Waals surface area contributed by atoms with Crippen LogP contribution in [0.3, 0.4) is 0 Å². The molecular formula is C15H14BrNO2. The van der Waals surface area contributed by atoms with E-state index in [1.54, 1.807) is 18.2 Å². The first kappa shape index (κ1) is 13.6. The average molecular weight is 320 g/mol. The number of rotatable bonds is 3. The standard InChI is InChI=1S/C15H14BrNO2/c1-10-4-2-3-5-12(10)9-19-15(18)11-6-7-13(16)14(17)8-11/h2-8H,9,17H2,1H3. The molecule has 2 rings (SSSR count). The van der Waals surface area contributed by atoms with Crippen LogP contribution in [0.25, 0.3) is 0 Å². The molecular weight excluding hydrogens is 306 g/mol. The van der Waals surface area contributed by atoms with Gasteiger partial charge in [0.15, 0.2) is 0 Å². The van der Waals surface area contributed by atoms with E-state index in [4.69, 9.17) is 10.5 Å². The van der Waals surface area contributed by atoms with Crippen molar-refractivity contribution in [2.75, 3.05) is 5.73 Å². The van der Waals surface area contributed by atoms with E-state index in [-0.39, 0.29) is 12.6 Å². The molecule has 0 aliphatic rings. The van der Waals surface area contributed by atoms with E-state index in [9.17, 15) is 4.79 Å². The minimum Gasteiger partial charge on any atom is -0.457 e. The number of aryl methyl sites for hydroxylation is 1. The number of halogens is 1. The van der Waals surface area contributed by atoms with Gasteiger partial charge in [0.25, 0.3) is 0 Å². The maximum absolute atomic E-state index is 11.9. The van der Waals surface area contributed by atoms with Crippen molar-refractivity contribution in [3.8, 4) is 0 Å². The Bertz CT molecular complexity index is 611. The van der Waals surface area contributed by atoms with Gasteiger partial charge in [-0.2, -0.15) is 0 Å². The molecule has 3 nitrogen and oxygen atoms in total. The fourth-order valence-electron chi connectivity index (χ4n) is 1.67. The van der Waals surface area contributed by atoms with Gasteiger partial charge in [-0.25, -0.2) is 4.79 Å². The fraction of sp³-hybridized carbons (Fsp3) is 0.133. The Labute approximate surface area is 120 Å². The maximum Gasteiger partial charge on any atom is 0.338 e. The van der Waals surface area contributed by atoms with Crippen molar-refractivity contribution in [2.24, 2.45) is 0 Å². The molecule has 98 valence electrons. The molecule has 2 aromatic carbocycles. The summed E-state index contributed by atoms with van der Waals surface area (Å²) in [5.74, 6) is -0.373. The van der Waals surface area contributed by atoms with Gasteiger partial charge in [0.1, 0.15) is 6.61 Å². The fourth-order valence-corrected chi connectivity index (χ4v) is 1.92. The molecule has 0 saturated carbocycles. The van der Waals surface area contributed by atoms with Crippen molar-refractivity contribution in [2.45, 2.75) is 13.5 Å². The summed E-state index contributed by atoms with van der Waals surface area (Å²) >= 11 is 3.29. The molecule has 0 unspecified atom stereocenters. The highest BCUT2D eigenvalue weighted by atomic mass is 79.9. The third-order valence-electron chi connectivity index (χ3n) is 2.85. The van der Waals surface area contributed by atoms with E-state index in [0.717, 1.165) is 15.6 Å². The van der Waals surface area contributed by atoms with Crippen LogP contribution in [0.2, 0.25) is 0 Å². The number of benzene rings is 2. The molecule has 0 aliphatic heterocycles. The quantitative estimate of drug-likeness (QED) is 0.693. The molecule has 0 aromatic heterocycles. The third kappa shape index (κ3) is 3.35. The molecule has 0 saturated heterocycles. The summed E-state index contributed by atoms with van der Waals surface area (Å²) < 4.78 is 6.05. The zero-order valence-electron chi connectivity index (χ0n) is 10.5. The summed E-state index contributed by atoms with van der Waals surface area (Å²) in [6.45, 7) is 2.25. The zero-order valence-corrected chi connectivity index (χ0v) is 12.1. The van der Waals surface area contributed by atoms with Crippen LogP contribution in [0.1, 0.15) is 21.5 Å². The number of carbonyl (C=O) groups excluding carboxylic acids is 1. The normalized spacial score (nSPS) is 10.2. The summed E-state index contributed by atoms with van der Waals surface area (Å²) in [6.07, 6.45) is 0. The van der Waals surface area contributed by atoms with Gasteiger partial charge in [-0.3, -0.25) is 0 Å². The molecule has 0 fully saturated rings. The first-order valence-electron chi connectivity index (χ1n) is 5.84. The van der Waals surface area contributed by atoms with Gasteiger partial charge in [0, 0.05) is 10.2 Å². The summed E-state index contributed by atoms with van der Waals surface area (Å²) in [5, 5.41) is 0. The van der Waals surface area contributed by atoms with E-state index >= 15 is 0 Å². The smallest absolute Gasteiger partial charge is 0.338 e. The first-order valence-corrected chi connectivity index (χ1v) is 6.64. The number of hydrogen-bond donors (Lipinski definition) is 1. The molecule has 2 aromatic rings. The largest absolute Gasteiger partial charge is 0.457 e. The van der Waals surface area contributed by atoms with Crippen LogP contribution in [0.4, 0.5) is 5.69 Å². The number of carbonyl (C=O) groups is 1. The van der Waals surface area contributed by atoms with Crippen LogP contribution >= 0.6 is 15.9 Å². The van der Waals surface area contributed by atoms with Crippen LogP contribution in [-0.2, 0) is 11.3 Å². The van der Waals surface area contributed by atoms with Crippen LogP contribution in [-0.4, -0.2) is 5.97 Å². The van der Waals surface area contributed by atoms with Crippen molar-refractivity contribution in [3.05, 3.63) is 63.6 Å². The van der Waals surface area contributed by atoms with Crippen LogP contribution < -0.4 is 5.73 Å². The Hall–Kier alpha value is -1.81. The zero-order chi connectivity index (χ0) is 13.8. The second-order valence-corrected chi connectivity index (χ2v) is 5.09. The van der Waals surface area contributed by atoms with Gasteiger partial charge in [-0.15, -0.1) is 0 Å². The van der Waals surface area contributed by atoms with Gasteiger partial charge >= 0.3 is 5.97 Å². The van der Waals surface area contributed by atoms with Crippen molar-refractivity contribution in [3.63, 3.8) is 0 Å². The lowest BCUT2D eigenvalue weighted by molar-refractivity contribution is 0.0472. The molecule has 0 bridgehead atoms. The lowest BCUT2D eigenvalue weighted by atomic mass is 10.1. The van der Waals surface area contributed by atoms with Crippen molar-refractivity contribution < 1.29 is 9.53 Å². The molecule has 0 amide bonds. The van der Waals surface area contributed by atoms with E-state index in [0.29, 0.717) is 11.3 Å². The third-order valence-corrected chi connectivity index (χ3v) is 3.57. The second kappa shape index (κ2) is 5.89. The first-order chi connectivity index (χ1) is 9.08. The Kier molecular flexibility index (Phi) is 4.22. The molecule has 0 aliphatic carbocycles. The highest BCUT2D eigenvalue weighted by molar-refractivity contribution is 9.10. The van der Waals surface area contributed by atoms with Crippen molar-refractivity contribution in [1.82, 2.24) is 0 Å². The average Bonchev–Trinajstić information content (AvgIpc) is 2.40. The predicted octanol–water partition coefficient (Wildman–Crippen LogP) is 3.70. The van der Waals surface area contributed by atoms with Crippen molar-refractivity contribution in [1.29, 1.82) is 0 Å². The second-order valence-electron chi connectivity index (χ2n) is 4.24.